The topological polar surface area (TPSA) is 20.2 Å². The fraction of sp³-hybridized carbons (Fsp3) is 1.00. The Bertz CT molecular complexity index is 76.0. The van der Waals surface area contributed by atoms with Gasteiger partial charge in [0.15, 0.2) is 0 Å². The third-order valence-corrected chi connectivity index (χ3v) is 1.82. The van der Waals surface area contributed by atoms with Gasteiger partial charge in [0.2, 0.25) is 0 Å². The molecule has 0 aliphatic rings. The van der Waals surface area contributed by atoms with Gasteiger partial charge in [0, 0.05) is 0 Å². The van der Waals surface area contributed by atoms with E-state index in [9.17, 15) is 4.39 Å². The highest BCUT2D eigenvalue weighted by atomic mass is 19.1. The number of hydrogen-bond acceptors (Lipinski definition) is 1. The van der Waals surface area contributed by atoms with Gasteiger partial charge in [-0.1, -0.05) is 39.0 Å². The van der Waals surface area contributed by atoms with E-state index in [1.807, 2.05) is 0 Å². The lowest BCUT2D eigenvalue weighted by molar-refractivity contribution is 0.167. The Labute approximate surface area is 68.6 Å². The Morgan fingerprint density at radius 1 is 1.18 bits per heavy atom. The van der Waals surface area contributed by atoms with Crippen molar-refractivity contribution in [2.24, 2.45) is 0 Å². The number of hydrogen-bond donors (Lipinski definition) is 1. The second-order valence-corrected chi connectivity index (χ2v) is 2.98. The average molecular weight is 162 g/mol. The number of rotatable bonds is 7. The minimum atomic E-state index is -0.989. The van der Waals surface area contributed by atoms with Gasteiger partial charge in [-0.05, 0) is 6.42 Å². The second kappa shape index (κ2) is 7.99. The smallest absolute Gasteiger partial charge is 0.123 e. The van der Waals surface area contributed by atoms with Crippen LogP contribution in [0.2, 0.25) is 0 Å². The average Bonchev–Trinajstić information content (AvgIpc) is 2.04. The first-order valence-electron chi connectivity index (χ1n) is 4.56. The highest BCUT2D eigenvalue weighted by molar-refractivity contribution is 4.53. The van der Waals surface area contributed by atoms with Gasteiger partial charge in [0.25, 0.3) is 0 Å². The maximum atomic E-state index is 12.4. The van der Waals surface area contributed by atoms with Gasteiger partial charge in [0.05, 0.1) is 6.61 Å². The van der Waals surface area contributed by atoms with Gasteiger partial charge in [0.1, 0.15) is 6.17 Å². The molecule has 0 amide bonds. The van der Waals surface area contributed by atoms with Crippen molar-refractivity contribution in [3.63, 3.8) is 0 Å². The summed E-state index contributed by atoms with van der Waals surface area (Å²) in [5.74, 6) is 0. The van der Waals surface area contributed by atoms with Gasteiger partial charge >= 0.3 is 0 Å². The summed E-state index contributed by atoms with van der Waals surface area (Å²) in [5.41, 5.74) is 0. The maximum absolute atomic E-state index is 12.4. The predicted octanol–water partition coefficient (Wildman–Crippen LogP) is 2.68. The van der Waals surface area contributed by atoms with Crippen molar-refractivity contribution < 1.29 is 9.50 Å². The fourth-order valence-corrected chi connectivity index (χ4v) is 1.06. The molecule has 0 aliphatic heterocycles. The molecule has 1 atom stereocenters. The predicted molar refractivity (Wildman–Crippen MR) is 45.4 cm³/mol. The van der Waals surface area contributed by atoms with Crippen LogP contribution in [0.25, 0.3) is 0 Å². The molecule has 68 valence electrons. The molecule has 0 rings (SSSR count). The summed E-state index contributed by atoms with van der Waals surface area (Å²) in [6.07, 6.45) is 5.23. The van der Waals surface area contributed by atoms with E-state index >= 15 is 0 Å². The molecule has 0 saturated heterocycles. The zero-order valence-electron chi connectivity index (χ0n) is 7.35. The van der Waals surface area contributed by atoms with E-state index in [-0.39, 0.29) is 6.61 Å². The first-order valence-corrected chi connectivity index (χ1v) is 4.56. The summed E-state index contributed by atoms with van der Waals surface area (Å²) >= 11 is 0. The van der Waals surface area contributed by atoms with Crippen LogP contribution in [0.5, 0.6) is 0 Å². The van der Waals surface area contributed by atoms with Crippen molar-refractivity contribution in [1.82, 2.24) is 0 Å². The summed E-state index contributed by atoms with van der Waals surface area (Å²) in [5, 5.41) is 8.36. The molecule has 1 nitrogen and oxygen atoms in total. The lowest BCUT2D eigenvalue weighted by atomic mass is 10.1. The maximum Gasteiger partial charge on any atom is 0.123 e. The van der Waals surface area contributed by atoms with Crippen LogP contribution in [-0.2, 0) is 0 Å². The molecule has 0 aliphatic carbocycles. The van der Waals surface area contributed by atoms with Crippen molar-refractivity contribution in [3.8, 4) is 0 Å². The third kappa shape index (κ3) is 7.79. The minimum absolute atomic E-state index is 0.312. The molecule has 0 fully saturated rings. The van der Waals surface area contributed by atoms with Gasteiger partial charge < -0.3 is 5.11 Å². The summed E-state index contributed by atoms with van der Waals surface area (Å²) in [7, 11) is 0. The fourth-order valence-electron chi connectivity index (χ4n) is 1.06. The third-order valence-electron chi connectivity index (χ3n) is 1.82. The van der Waals surface area contributed by atoms with Gasteiger partial charge in [-0.25, -0.2) is 4.39 Å². The molecule has 0 heterocycles. The molecule has 11 heavy (non-hydrogen) atoms. The highest BCUT2D eigenvalue weighted by Gasteiger charge is 2.02. The van der Waals surface area contributed by atoms with Crippen molar-refractivity contribution in [2.45, 2.75) is 51.6 Å². The molecule has 0 saturated carbocycles. The van der Waals surface area contributed by atoms with Crippen LogP contribution in [0.4, 0.5) is 4.39 Å². The molecular formula is C9H19FO. The van der Waals surface area contributed by atoms with Crippen LogP contribution in [-0.4, -0.2) is 17.9 Å². The summed E-state index contributed by atoms with van der Waals surface area (Å²) < 4.78 is 12.4. The van der Waals surface area contributed by atoms with Gasteiger partial charge in [-0.2, -0.15) is 0 Å². The SMILES string of the molecule is CCCCCCC[C@H](F)CO. The number of unbranched alkanes of at least 4 members (excludes halogenated alkanes) is 4. The zero-order valence-corrected chi connectivity index (χ0v) is 7.35. The van der Waals surface area contributed by atoms with Crippen molar-refractivity contribution in [1.29, 1.82) is 0 Å². The van der Waals surface area contributed by atoms with E-state index in [0.29, 0.717) is 6.42 Å². The van der Waals surface area contributed by atoms with E-state index in [1.165, 1.54) is 19.3 Å². The summed E-state index contributed by atoms with van der Waals surface area (Å²) in [6.45, 7) is 1.85. The molecule has 1 N–H and O–H groups in total. The Morgan fingerprint density at radius 2 is 1.82 bits per heavy atom. The standard InChI is InChI=1S/C9H19FO/c1-2-3-4-5-6-7-9(10)8-11/h9,11H,2-8H2,1H3/t9-/m0/s1. The van der Waals surface area contributed by atoms with E-state index in [2.05, 4.69) is 6.92 Å². The van der Waals surface area contributed by atoms with Crippen LogP contribution >= 0.6 is 0 Å². The van der Waals surface area contributed by atoms with Gasteiger partial charge in [-0.15, -0.1) is 0 Å². The molecule has 0 bridgehead atoms. The number of aliphatic hydroxyl groups is 1. The first-order chi connectivity index (χ1) is 5.31. The Morgan fingerprint density at radius 3 is 2.36 bits per heavy atom. The molecular weight excluding hydrogens is 143 g/mol. The van der Waals surface area contributed by atoms with E-state index in [4.69, 9.17) is 5.11 Å². The molecule has 0 aromatic rings. The second-order valence-electron chi connectivity index (χ2n) is 2.98. The Hall–Kier alpha value is -0.110. The molecule has 2 heteroatoms. The monoisotopic (exact) mass is 162 g/mol. The Balaban J connectivity index is 2.89. The molecule has 0 aromatic carbocycles. The normalized spacial score (nSPS) is 13.4. The lowest BCUT2D eigenvalue weighted by Gasteiger charge is -2.02. The van der Waals surface area contributed by atoms with Crippen LogP contribution in [0.15, 0.2) is 0 Å². The van der Waals surface area contributed by atoms with E-state index < -0.39 is 6.17 Å². The molecule has 0 spiro atoms. The molecule has 0 unspecified atom stereocenters. The van der Waals surface area contributed by atoms with Crippen LogP contribution < -0.4 is 0 Å². The zero-order chi connectivity index (χ0) is 8.53. The largest absolute Gasteiger partial charge is 0.393 e. The summed E-state index contributed by atoms with van der Waals surface area (Å²) in [6, 6.07) is 0. The summed E-state index contributed by atoms with van der Waals surface area (Å²) in [4.78, 5) is 0. The van der Waals surface area contributed by atoms with Crippen LogP contribution in [0.3, 0.4) is 0 Å². The van der Waals surface area contributed by atoms with E-state index in [0.717, 1.165) is 12.8 Å². The minimum Gasteiger partial charge on any atom is -0.393 e. The number of aliphatic hydroxyl groups excluding tert-OH is 1. The molecule has 0 radical (unpaired) electrons. The molecule has 0 aromatic heterocycles. The number of alkyl halides is 1. The quantitative estimate of drug-likeness (QED) is 0.571. The number of halogens is 1. The van der Waals surface area contributed by atoms with Crippen LogP contribution in [0.1, 0.15) is 45.4 Å². The first kappa shape index (κ1) is 10.9. The van der Waals surface area contributed by atoms with Crippen molar-refractivity contribution >= 4 is 0 Å². The van der Waals surface area contributed by atoms with Crippen molar-refractivity contribution in [3.05, 3.63) is 0 Å². The highest BCUT2D eigenvalue weighted by Crippen LogP contribution is 2.08. The van der Waals surface area contributed by atoms with Crippen LogP contribution in [0, 0.1) is 0 Å². The Kier molecular flexibility index (Phi) is 7.91. The van der Waals surface area contributed by atoms with Gasteiger partial charge in [-0.3, -0.25) is 0 Å². The lowest BCUT2D eigenvalue weighted by Crippen LogP contribution is -2.04. The van der Waals surface area contributed by atoms with E-state index in [1.54, 1.807) is 0 Å². The van der Waals surface area contributed by atoms with Crippen molar-refractivity contribution in [2.75, 3.05) is 6.61 Å².